The van der Waals surface area contributed by atoms with Crippen molar-refractivity contribution < 1.29 is 19.0 Å². The molecule has 0 aliphatic carbocycles. The van der Waals surface area contributed by atoms with E-state index in [1.54, 1.807) is 18.3 Å². The molecule has 29 heavy (non-hydrogen) atoms. The minimum absolute atomic E-state index is 0.163. The molecule has 3 aromatic rings. The molecule has 0 aliphatic heterocycles. The van der Waals surface area contributed by atoms with Gasteiger partial charge in [-0.1, -0.05) is 30.0 Å². The molecule has 3 rings (SSSR count). The van der Waals surface area contributed by atoms with Crippen LogP contribution in [0.4, 0.5) is 5.69 Å². The van der Waals surface area contributed by atoms with Crippen LogP contribution in [0.2, 0.25) is 0 Å². The first kappa shape index (κ1) is 20.6. The minimum atomic E-state index is -0.163. The lowest BCUT2D eigenvalue weighted by atomic mass is 10.2. The highest BCUT2D eigenvalue weighted by molar-refractivity contribution is 7.99. The summed E-state index contributed by atoms with van der Waals surface area (Å²) in [5.41, 5.74) is 2.74. The average Bonchev–Trinajstić information content (AvgIpc) is 3.20. The van der Waals surface area contributed by atoms with E-state index in [-0.39, 0.29) is 11.7 Å². The number of thioether (sulfide) groups is 1. The van der Waals surface area contributed by atoms with E-state index in [1.807, 2.05) is 42.0 Å². The van der Waals surface area contributed by atoms with E-state index in [0.29, 0.717) is 22.9 Å². The zero-order valence-corrected chi connectivity index (χ0v) is 17.6. The highest BCUT2D eigenvalue weighted by Gasteiger charge is 2.15. The second-order valence-corrected chi connectivity index (χ2v) is 7.06. The van der Waals surface area contributed by atoms with Crippen molar-refractivity contribution in [1.29, 1.82) is 0 Å². The summed E-state index contributed by atoms with van der Waals surface area (Å²) < 4.78 is 17.9. The highest BCUT2D eigenvalue weighted by Crippen LogP contribution is 2.40. The molecule has 7 nitrogen and oxygen atoms in total. The molecule has 0 unspecified atom stereocenters. The smallest absolute Gasteiger partial charge is 0.234 e. The lowest BCUT2D eigenvalue weighted by Crippen LogP contribution is -2.15. The van der Waals surface area contributed by atoms with E-state index < -0.39 is 0 Å². The SMILES string of the molecule is COc1cc(NC(=O)CSc2nccn2-c2ccccc2C)cc(OC)c1OC. The number of carbonyl (C=O) groups excluding carboxylic acids is 1. The maximum Gasteiger partial charge on any atom is 0.234 e. The fourth-order valence-electron chi connectivity index (χ4n) is 2.89. The average molecular weight is 413 g/mol. The van der Waals surface area contributed by atoms with E-state index in [1.165, 1.54) is 33.1 Å². The fraction of sp³-hybridized carbons (Fsp3) is 0.238. The van der Waals surface area contributed by atoms with Crippen LogP contribution in [0.25, 0.3) is 5.69 Å². The Morgan fingerprint density at radius 3 is 2.41 bits per heavy atom. The van der Waals surface area contributed by atoms with E-state index in [2.05, 4.69) is 10.3 Å². The summed E-state index contributed by atoms with van der Waals surface area (Å²) in [6.07, 6.45) is 3.62. The number of methoxy groups -OCH3 is 3. The van der Waals surface area contributed by atoms with Crippen molar-refractivity contribution in [3.8, 4) is 22.9 Å². The summed E-state index contributed by atoms with van der Waals surface area (Å²) in [4.78, 5) is 16.9. The Balaban J connectivity index is 1.71. The predicted molar refractivity (Wildman–Crippen MR) is 114 cm³/mol. The van der Waals surface area contributed by atoms with Crippen molar-refractivity contribution in [2.24, 2.45) is 0 Å². The van der Waals surface area contributed by atoms with Gasteiger partial charge in [0.05, 0.1) is 32.8 Å². The number of anilines is 1. The van der Waals surface area contributed by atoms with E-state index in [9.17, 15) is 4.79 Å². The van der Waals surface area contributed by atoms with Gasteiger partial charge in [0.25, 0.3) is 0 Å². The lowest BCUT2D eigenvalue weighted by molar-refractivity contribution is -0.113. The van der Waals surface area contributed by atoms with Gasteiger partial charge in [-0.2, -0.15) is 0 Å². The zero-order valence-electron chi connectivity index (χ0n) is 16.8. The summed E-state index contributed by atoms with van der Waals surface area (Å²) in [5.74, 6) is 1.47. The molecule has 0 saturated carbocycles. The molecule has 0 bridgehead atoms. The van der Waals surface area contributed by atoms with Gasteiger partial charge in [-0.3, -0.25) is 9.36 Å². The molecule has 1 heterocycles. The summed E-state index contributed by atoms with van der Waals surface area (Å²) in [6, 6.07) is 11.4. The quantitative estimate of drug-likeness (QED) is 0.564. The number of ether oxygens (including phenoxy) is 3. The maximum atomic E-state index is 12.5. The number of aryl methyl sites for hydroxylation is 1. The standard InChI is InChI=1S/C21H23N3O4S/c1-14-7-5-6-8-16(14)24-10-9-22-21(24)29-13-19(25)23-15-11-17(26-2)20(28-4)18(12-15)27-3/h5-12H,13H2,1-4H3,(H,23,25). The van der Waals surface area contributed by atoms with Crippen molar-refractivity contribution >= 4 is 23.4 Å². The molecule has 0 saturated heterocycles. The number of hydrogen-bond donors (Lipinski definition) is 1. The topological polar surface area (TPSA) is 74.6 Å². The molecule has 1 amide bonds. The van der Waals surface area contributed by atoms with Crippen molar-refractivity contribution in [2.75, 3.05) is 32.4 Å². The normalized spacial score (nSPS) is 10.5. The second-order valence-electron chi connectivity index (χ2n) is 6.12. The lowest BCUT2D eigenvalue weighted by Gasteiger charge is -2.14. The van der Waals surface area contributed by atoms with Gasteiger partial charge >= 0.3 is 0 Å². The first-order valence-corrected chi connectivity index (χ1v) is 9.88. The van der Waals surface area contributed by atoms with Crippen LogP contribution in [0.5, 0.6) is 17.2 Å². The van der Waals surface area contributed by atoms with Crippen molar-refractivity contribution in [3.63, 3.8) is 0 Å². The molecule has 0 fully saturated rings. The van der Waals surface area contributed by atoms with Crippen molar-refractivity contribution in [1.82, 2.24) is 9.55 Å². The summed E-state index contributed by atoms with van der Waals surface area (Å²) in [5, 5.41) is 3.61. The Hall–Kier alpha value is -3.13. The number of nitrogens with one attached hydrogen (secondary N) is 1. The molecular formula is C21H23N3O4S. The van der Waals surface area contributed by atoms with Crippen LogP contribution in [-0.4, -0.2) is 42.5 Å². The molecule has 0 spiro atoms. The molecule has 0 aliphatic rings. The number of imidazole rings is 1. The molecule has 0 atom stereocenters. The van der Waals surface area contributed by atoms with Gasteiger partial charge in [-0.05, 0) is 18.6 Å². The van der Waals surface area contributed by atoms with Crippen LogP contribution in [0, 0.1) is 6.92 Å². The molecular weight excluding hydrogens is 390 g/mol. The Bertz CT molecular complexity index is 978. The predicted octanol–water partition coefficient (Wildman–Crippen LogP) is 3.94. The van der Waals surface area contributed by atoms with E-state index >= 15 is 0 Å². The highest BCUT2D eigenvalue weighted by atomic mass is 32.2. The number of amides is 1. The van der Waals surface area contributed by atoms with E-state index in [4.69, 9.17) is 14.2 Å². The van der Waals surface area contributed by atoms with Gasteiger partial charge in [-0.25, -0.2) is 4.98 Å². The Kier molecular flexibility index (Phi) is 6.66. The van der Waals surface area contributed by atoms with Crippen molar-refractivity contribution in [2.45, 2.75) is 12.1 Å². The third-order valence-electron chi connectivity index (χ3n) is 4.26. The van der Waals surface area contributed by atoms with Gasteiger partial charge in [0.1, 0.15) is 0 Å². The number of hydrogen-bond acceptors (Lipinski definition) is 6. The first-order chi connectivity index (χ1) is 14.1. The van der Waals surface area contributed by atoms with Gasteiger partial charge in [0.2, 0.25) is 11.7 Å². The number of para-hydroxylation sites is 1. The summed E-state index contributed by atoms with van der Waals surface area (Å²) in [7, 11) is 4.60. The van der Waals surface area contributed by atoms with Gasteiger partial charge in [0, 0.05) is 30.2 Å². The van der Waals surface area contributed by atoms with Gasteiger partial charge < -0.3 is 19.5 Å². The largest absolute Gasteiger partial charge is 0.493 e. The number of aromatic nitrogens is 2. The number of rotatable bonds is 8. The Morgan fingerprint density at radius 1 is 1.10 bits per heavy atom. The second kappa shape index (κ2) is 9.38. The number of nitrogens with zero attached hydrogens (tertiary/aromatic N) is 2. The van der Waals surface area contributed by atoms with Crippen LogP contribution >= 0.6 is 11.8 Å². The van der Waals surface area contributed by atoms with Gasteiger partial charge in [-0.15, -0.1) is 0 Å². The molecule has 8 heteroatoms. The molecule has 1 aromatic heterocycles. The Morgan fingerprint density at radius 2 is 1.79 bits per heavy atom. The maximum absolute atomic E-state index is 12.5. The van der Waals surface area contributed by atoms with E-state index in [0.717, 1.165) is 16.4 Å². The number of benzene rings is 2. The van der Waals surface area contributed by atoms with Crippen LogP contribution in [0.15, 0.2) is 53.9 Å². The zero-order chi connectivity index (χ0) is 20.8. The number of carbonyl (C=O) groups is 1. The third kappa shape index (κ3) is 4.65. The van der Waals surface area contributed by atoms with Crippen LogP contribution in [-0.2, 0) is 4.79 Å². The van der Waals surface area contributed by atoms with Crippen LogP contribution < -0.4 is 19.5 Å². The van der Waals surface area contributed by atoms with Crippen LogP contribution in [0.3, 0.4) is 0 Å². The monoisotopic (exact) mass is 413 g/mol. The molecule has 0 radical (unpaired) electrons. The molecule has 2 aromatic carbocycles. The first-order valence-electron chi connectivity index (χ1n) is 8.89. The Labute approximate surface area is 174 Å². The molecule has 152 valence electrons. The third-order valence-corrected chi connectivity index (χ3v) is 5.23. The summed E-state index contributed by atoms with van der Waals surface area (Å²) in [6.45, 7) is 2.04. The minimum Gasteiger partial charge on any atom is -0.493 e. The fourth-order valence-corrected chi connectivity index (χ4v) is 3.66. The molecule has 1 N–H and O–H groups in total. The van der Waals surface area contributed by atoms with Gasteiger partial charge in [0.15, 0.2) is 16.7 Å². The summed E-state index contributed by atoms with van der Waals surface area (Å²) >= 11 is 1.36. The van der Waals surface area contributed by atoms with Crippen LogP contribution in [0.1, 0.15) is 5.56 Å². The van der Waals surface area contributed by atoms with Crippen molar-refractivity contribution in [3.05, 3.63) is 54.4 Å².